The zero-order chi connectivity index (χ0) is 13.9. The van der Waals surface area contributed by atoms with Gasteiger partial charge in [-0.1, -0.05) is 12.1 Å². The van der Waals surface area contributed by atoms with Crippen molar-refractivity contribution in [2.75, 3.05) is 13.1 Å². The first-order valence-corrected chi connectivity index (χ1v) is 5.80. The highest BCUT2D eigenvalue weighted by Gasteiger charge is 2.31. The quantitative estimate of drug-likeness (QED) is 0.871. The van der Waals surface area contributed by atoms with Gasteiger partial charge < -0.3 is 15.4 Å². The molecule has 7 heteroatoms. The van der Waals surface area contributed by atoms with Crippen LogP contribution in [0.15, 0.2) is 24.3 Å². The Balaban J connectivity index is 1.96. The molecule has 1 aromatic rings. The predicted octanol–water partition coefficient (Wildman–Crippen LogP) is 1.22. The Morgan fingerprint density at radius 2 is 1.89 bits per heavy atom. The molecule has 0 aliphatic carbocycles. The molecule has 0 aromatic heterocycles. The number of ether oxygens (including phenoxy) is 1. The molecule has 0 saturated carbocycles. The number of rotatable bonds is 3. The molecule has 1 fully saturated rings. The van der Waals surface area contributed by atoms with E-state index in [4.69, 9.17) is 0 Å². The number of hydrogen-bond acceptors (Lipinski definition) is 3. The van der Waals surface area contributed by atoms with Crippen molar-refractivity contribution in [3.05, 3.63) is 29.8 Å². The molecule has 0 spiro atoms. The zero-order valence-corrected chi connectivity index (χ0v) is 9.96. The minimum atomic E-state index is -4.69. The van der Waals surface area contributed by atoms with Crippen LogP contribution < -0.4 is 15.4 Å². The summed E-state index contributed by atoms with van der Waals surface area (Å²) >= 11 is 0. The molecule has 0 radical (unpaired) electrons. The maximum Gasteiger partial charge on any atom is 0.573 e. The van der Waals surface area contributed by atoms with Crippen LogP contribution in [0, 0.1) is 0 Å². The molecule has 104 valence electrons. The maximum absolute atomic E-state index is 12.0. The fourth-order valence-corrected chi connectivity index (χ4v) is 1.88. The van der Waals surface area contributed by atoms with Crippen LogP contribution >= 0.6 is 0 Å². The van der Waals surface area contributed by atoms with Gasteiger partial charge in [0.05, 0.1) is 6.04 Å². The molecule has 1 aliphatic heterocycles. The van der Waals surface area contributed by atoms with Gasteiger partial charge in [0.2, 0.25) is 5.91 Å². The minimum Gasteiger partial charge on any atom is -0.406 e. The largest absolute Gasteiger partial charge is 0.573 e. The molecule has 2 rings (SSSR count). The Kier molecular flexibility index (Phi) is 3.94. The summed E-state index contributed by atoms with van der Waals surface area (Å²) in [5, 5.41) is 5.77. The van der Waals surface area contributed by atoms with Crippen LogP contribution in [0.4, 0.5) is 13.2 Å². The van der Waals surface area contributed by atoms with Crippen LogP contribution in [0.1, 0.15) is 5.56 Å². The van der Waals surface area contributed by atoms with E-state index in [1.54, 1.807) is 0 Å². The Labute approximate surface area is 107 Å². The van der Waals surface area contributed by atoms with Crippen molar-refractivity contribution in [1.82, 2.24) is 10.6 Å². The number of piperazine rings is 1. The Hall–Kier alpha value is -1.76. The summed E-state index contributed by atoms with van der Waals surface area (Å²) in [7, 11) is 0. The van der Waals surface area contributed by atoms with Gasteiger partial charge in [0.1, 0.15) is 5.75 Å². The summed E-state index contributed by atoms with van der Waals surface area (Å²) in [4.78, 5) is 11.5. The van der Waals surface area contributed by atoms with Crippen molar-refractivity contribution in [3.8, 4) is 5.75 Å². The first-order chi connectivity index (χ1) is 8.94. The lowest BCUT2D eigenvalue weighted by molar-refractivity contribution is -0.274. The number of alkyl halides is 3. The predicted molar refractivity (Wildman–Crippen MR) is 61.6 cm³/mol. The Bertz CT molecular complexity index is 445. The van der Waals surface area contributed by atoms with E-state index in [0.29, 0.717) is 19.5 Å². The van der Waals surface area contributed by atoms with Gasteiger partial charge in [-0.2, -0.15) is 0 Å². The monoisotopic (exact) mass is 274 g/mol. The van der Waals surface area contributed by atoms with Crippen LogP contribution in [0.5, 0.6) is 5.75 Å². The summed E-state index contributed by atoms with van der Waals surface area (Å²) in [6.45, 7) is 1.28. The standard InChI is InChI=1S/C12H13F3N2O2/c13-12(14,15)19-9-3-1-8(2-4-9)7-10-11(18)17-6-5-16-10/h1-4,10,16H,5-7H2,(H,17,18)/t10-/m1/s1. The van der Waals surface area contributed by atoms with Crippen molar-refractivity contribution in [3.63, 3.8) is 0 Å². The van der Waals surface area contributed by atoms with Crippen LogP contribution in [-0.2, 0) is 11.2 Å². The minimum absolute atomic E-state index is 0.0955. The van der Waals surface area contributed by atoms with E-state index < -0.39 is 6.36 Å². The number of benzene rings is 1. The number of nitrogens with one attached hydrogen (secondary N) is 2. The number of amides is 1. The second-order valence-corrected chi connectivity index (χ2v) is 4.19. The smallest absolute Gasteiger partial charge is 0.406 e. The zero-order valence-electron chi connectivity index (χ0n) is 9.96. The van der Waals surface area contributed by atoms with Gasteiger partial charge in [-0.3, -0.25) is 4.79 Å². The lowest BCUT2D eigenvalue weighted by atomic mass is 10.0. The van der Waals surface area contributed by atoms with Gasteiger partial charge in [0.15, 0.2) is 0 Å². The van der Waals surface area contributed by atoms with Crippen molar-refractivity contribution >= 4 is 5.91 Å². The first-order valence-electron chi connectivity index (χ1n) is 5.80. The maximum atomic E-state index is 12.0. The molecule has 1 aromatic carbocycles. The van der Waals surface area contributed by atoms with Gasteiger partial charge in [0, 0.05) is 13.1 Å². The molecular formula is C12H13F3N2O2. The summed E-state index contributed by atoms with van der Waals surface area (Å²) in [6, 6.07) is 5.17. The van der Waals surface area contributed by atoms with E-state index in [1.165, 1.54) is 24.3 Å². The third-order valence-corrected chi connectivity index (χ3v) is 2.73. The molecule has 0 unspecified atom stereocenters. The van der Waals surface area contributed by atoms with Crippen LogP contribution in [0.2, 0.25) is 0 Å². The first kappa shape index (κ1) is 13.7. The Morgan fingerprint density at radius 1 is 1.21 bits per heavy atom. The molecule has 1 aliphatic rings. The Morgan fingerprint density at radius 3 is 2.47 bits per heavy atom. The summed E-state index contributed by atoms with van der Waals surface area (Å²) in [5.41, 5.74) is 0.768. The summed E-state index contributed by atoms with van der Waals surface area (Å²) in [6.07, 6.45) is -4.26. The van der Waals surface area contributed by atoms with Crippen LogP contribution in [-0.4, -0.2) is 31.4 Å². The van der Waals surface area contributed by atoms with E-state index in [-0.39, 0.29) is 17.7 Å². The van der Waals surface area contributed by atoms with Gasteiger partial charge in [-0.05, 0) is 24.1 Å². The van der Waals surface area contributed by atoms with E-state index in [0.717, 1.165) is 5.56 Å². The van der Waals surface area contributed by atoms with Gasteiger partial charge in [0.25, 0.3) is 0 Å². The number of halogens is 3. The average Bonchev–Trinajstić information content (AvgIpc) is 2.33. The molecule has 1 heterocycles. The van der Waals surface area contributed by atoms with Crippen LogP contribution in [0.3, 0.4) is 0 Å². The fraction of sp³-hybridized carbons (Fsp3) is 0.417. The molecule has 0 bridgehead atoms. The number of carbonyl (C=O) groups excluding carboxylic acids is 1. The average molecular weight is 274 g/mol. The second kappa shape index (κ2) is 5.48. The van der Waals surface area contributed by atoms with E-state index in [9.17, 15) is 18.0 Å². The molecule has 1 saturated heterocycles. The van der Waals surface area contributed by atoms with Crippen LogP contribution in [0.25, 0.3) is 0 Å². The van der Waals surface area contributed by atoms with Crippen molar-refractivity contribution in [1.29, 1.82) is 0 Å². The summed E-state index contributed by atoms with van der Waals surface area (Å²) in [5.74, 6) is -0.362. The second-order valence-electron chi connectivity index (χ2n) is 4.19. The number of hydrogen-bond donors (Lipinski definition) is 2. The van der Waals surface area contributed by atoms with Gasteiger partial charge in [-0.15, -0.1) is 13.2 Å². The van der Waals surface area contributed by atoms with Crippen molar-refractivity contribution in [2.24, 2.45) is 0 Å². The van der Waals surface area contributed by atoms with Gasteiger partial charge in [-0.25, -0.2) is 0 Å². The molecule has 1 amide bonds. The van der Waals surface area contributed by atoms with Crippen molar-refractivity contribution < 1.29 is 22.7 Å². The fourth-order valence-electron chi connectivity index (χ4n) is 1.88. The highest BCUT2D eigenvalue weighted by Crippen LogP contribution is 2.23. The topological polar surface area (TPSA) is 50.4 Å². The highest BCUT2D eigenvalue weighted by molar-refractivity contribution is 5.82. The summed E-state index contributed by atoms with van der Waals surface area (Å²) < 4.78 is 39.7. The molecule has 19 heavy (non-hydrogen) atoms. The van der Waals surface area contributed by atoms with Gasteiger partial charge >= 0.3 is 6.36 Å². The van der Waals surface area contributed by atoms with E-state index in [2.05, 4.69) is 15.4 Å². The lowest BCUT2D eigenvalue weighted by Gasteiger charge is -2.23. The van der Waals surface area contributed by atoms with E-state index >= 15 is 0 Å². The molecular weight excluding hydrogens is 261 g/mol. The normalized spacial score (nSPS) is 19.9. The van der Waals surface area contributed by atoms with Crippen molar-refractivity contribution in [2.45, 2.75) is 18.8 Å². The highest BCUT2D eigenvalue weighted by atomic mass is 19.4. The SMILES string of the molecule is O=C1NCCN[C@@H]1Cc1ccc(OC(F)(F)F)cc1. The number of carbonyl (C=O) groups is 1. The molecule has 4 nitrogen and oxygen atoms in total. The third kappa shape index (κ3) is 4.13. The molecule has 1 atom stereocenters. The molecule has 2 N–H and O–H groups in total. The third-order valence-electron chi connectivity index (χ3n) is 2.73. The lowest BCUT2D eigenvalue weighted by Crippen LogP contribution is -2.53. The van der Waals surface area contributed by atoms with E-state index in [1.807, 2.05) is 0 Å².